The monoisotopic (exact) mass is 392 g/mol. The summed E-state index contributed by atoms with van der Waals surface area (Å²) >= 11 is 0. The zero-order valence-corrected chi connectivity index (χ0v) is 15.8. The predicted molar refractivity (Wildman–Crippen MR) is 85.9 cm³/mol. The summed E-state index contributed by atoms with van der Waals surface area (Å²) in [5.74, 6) is -3.45. The second kappa shape index (κ2) is 12.6. The van der Waals surface area contributed by atoms with E-state index in [9.17, 15) is 24.0 Å². The first-order valence-electron chi connectivity index (χ1n) is 7.89. The van der Waals surface area contributed by atoms with Crippen molar-refractivity contribution in [3.05, 3.63) is 0 Å². The average molecular weight is 392 g/mol. The maximum Gasteiger partial charge on any atom is 0.304 e. The minimum atomic E-state index is -1.32. The van der Waals surface area contributed by atoms with Crippen molar-refractivity contribution in [3.63, 3.8) is 0 Å². The molecule has 0 spiro atoms. The van der Waals surface area contributed by atoms with Crippen LogP contribution in [0.5, 0.6) is 0 Å². The fraction of sp³-hybridized carbons (Fsp3) is 0.688. The normalized spacial score (nSPS) is 13.5. The quantitative estimate of drug-likeness (QED) is 0.264. The van der Waals surface area contributed by atoms with Gasteiger partial charge in [0.15, 0.2) is 19.0 Å². The van der Waals surface area contributed by atoms with Crippen molar-refractivity contribution < 1.29 is 52.4 Å². The fourth-order valence-electron chi connectivity index (χ4n) is 1.83. The SMILES string of the molecule is CC(=O)OCOC(COC(C)=O)[C@@H](OC(C)=O)[C@@H](COC(C)=O)OC(C)=O. The lowest BCUT2D eigenvalue weighted by Gasteiger charge is -2.31. The topological polar surface area (TPSA) is 141 Å². The third kappa shape index (κ3) is 12.3. The molecular formula is C16H24O11. The summed E-state index contributed by atoms with van der Waals surface area (Å²) < 4.78 is 29.8. The molecule has 0 heterocycles. The third-order valence-electron chi connectivity index (χ3n) is 2.80. The van der Waals surface area contributed by atoms with Crippen LogP contribution in [0, 0.1) is 0 Å². The van der Waals surface area contributed by atoms with E-state index in [0.717, 1.165) is 34.6 Å². The van der Waals surface area contributed by atoms with Crippen LogP contribution in [0.25, 0.3) is 0 Å². The van der Waals surface area contributed by atoms with Crippen molar-refractivity contribution in [2.75, 3.05) is 20.0 Å². The van der Waals surface area contributed by atoms with Gasteiger partial charge in [0, 0.05) is 34.6 Å². The summed E-state index contributed by atoms with van der Waals surface area (Å²) in [6.07, 6.45) is -3.76. The van der Waals surface area contributed by atoms with E-state index in [4.69, 9.17) is 23.7 Å². The van der Waals surface area contributed by atoms with E-state index in [0.29, 0.717) is 0 Å². The molecule has 0 aromatic rings. The minimum absolute atomic E-state index is 0.410. The summed E-state index contributed by atoms with van der Waals surface area (Å²) in [6.45, 7) is 4.24. The molecule has 11 heteroatoms. The van der Waals surface area contributed by atoms with Crippen molar-refractivity contribution in [3.8, 4) is 0 Å². The number of esters is 5. The summed E-state index contributed by atoms with van der Waals surface area (Å²) in [4.78, 5) is 56.0. The Balaban J connectivity index is 5.52. The van der Waals surface area contributed by atoms with Crippen LogP contribution in [0.15, 0.2) is 0 Å². The van der Waals surface area contributed by atoms with Gasteiger partial charge in [0.25, 0.3) is 0 Å². The predicted octanol–water partition coefficient (Wildman–Crippen LogP) is -0.118. The van der Waals surface area contributed by atoms with Gasteiger partial charge in [-0.15, -0.1) is 0 Å². The van der Waals surface area contributed by atoms with E-state index in [1.807, 2.05) is 0 Å². The molecule has 0 bridgehead atoms. The van der Waals surface area contributed by atoms with Crippen molar-refractivity contribution in [1.82, 2.24) is 0 Å². The van der Waals surface area contributed by atoms with Gasteiger partial charge in [-0.3, -0.25) is 24.0 Å². The molecule has 3 atom stereocenters. The van der Waals surface area contributed by atoms with Gasteiger partial charge in [0.1, 0.15) is 19.3 Å². The molecule has 27 heavy (non-hydrogen) atoms. The number of rotatable bonds is 11. The van der Waals surface area contributed by atoms with E-state index in [-0.39, 0.29) is 0 Å². The molecule has 0 saturated heterocycles. The van der Waals surface area contributed by atoms with Crippen molar-refractivity contribution in [2.45, 2.75) is 52.9 Å². The molecule has 11 nitrogen and oxygen atoms in total. The van der Waals surface area contributed by atoms with Gasteiger partial charge >= 0.3 is 29.8 Å². The van der Waals surface area contributed by atoms with Gasteiger partial charge in [0.2, 0.25) is 0 Å². The van der Waals surface area contributed by atoms with Crippen LogP contribution in [0.1, 0.15) is 34.6 Å². The van der Waals surface area contributed by atoms with Crippen LogP contribution < -0.4 is 0 Å². The number of hydrogen-bond acceptors (Lipinski definition) is 11. The molecular weight excluding hydrogens is 368 g/mol. The van der Waals surface area contributed by atoms with E-state index >= 15 is 0 Å². The van der Waals surface area contributed by atoms with Gasteiger partial charge in [0.05, 0.1) is 0 Å². The molecule has 1 unspecified atom stereocenters. The second-order valence-electron chi connectivity index (χ2n) is 5.29. The van der Waals surface area contributed by atoms with E-state index in [2.05, 4.69) is 4.74 Å². The maximum atomic E-state index is 11.5. The third-order valence-corrected chi connectivity index (χ3v) is 2.80. The Labute approximate surface area is 156 Å². The molecule has 0 N–H and O–H groups in total. The van der Waals surface area contributed by atoms with Crippen LogP contribution in [0.4, 0.5) is 0 Å². The average Bonchev–Trinajstić information content (AvgIpc) is 2.51. The molecule has 0 fully saturated rings. The molecule has 0 amide bonds. The first-order chi connectivity index (χ1) is 12.5. The number of carbonyl (C=O) groups is 5. The van der Waals surface area contributed by atoms with Gasteiger partial charge in [-0.1, -0.05) is 0 Å². The van der Waals surface area contributed by atoms with Crippen molar-refractivity contribution in [2.24, 2.45) is 0 Å². The Kier molecular flexibility index (Phi) is 11.4. The molecule has 0 aromatic heterocycles. The van der Waals surface area contributed by atoms with Crippen LogP contribution in [0.2, 0.25) is 0 Å². The lowest BCUT2D eigenvalue weighted by Crippen LogP contribution is -2.49. The Morgan fingerprint density at radius 1 is 0.593 bits per heavy atom. The van der Waals surface area contributed by atoms with E-state index in [1.54, 1.807) is 0 Å². The highest BCUT2D eigenvalue weighted by atomic mass is 16.7. The van der Waals surface area contributed by atoms with Crippen LogP contribution in [-0.2, 0) is 52.4 Å². The number of hydrogen-bond donors (Lipinski definition) is 0. The molecule has 0 saturated carbocycles. The van der Waals surface area contributed by atoms with Gasteiger partial charge in [-0.25, -0.2) is 0 Å². The molecule has 0 aromatic carbocycles. The van der Waals surface area contributed by atoms with Crippen molar-refractivity contribution >= 4 is 29.8 Å². The highest BCUT2D eigenvalue weighted by Crippen LogP contribution is 2.16. The highest BCUT2D eigenvalue weighted by molar-refractivity contribution is 5.68. The van der Waals surface area contributed by atoms with Gasteiger partial charge < -0.3 is 28.4 Å². The summed E-state index contributed by atoms with van der Waals surface area (Å²) in [6, 6.07) is 0. The Morgan fingerprint density at radius 3 is 1.44 bits per heavy atom. The molecule has 0 rings (SSSR count). The summed E-state index contributed by atoms with van der Waals surface area (Å²) in [7, 11) is 0. The molecule has 154 valence electrons. The highest BCUT2D eigenvalue weighted by Gasteiger charge is 2.37. The summed E-state index contributed by atoms with van der Waals surface area (Å²) in [5, 5.41) is 0. The molecule has 0 aliphatic heterocycles. The smallest absolute Gasteiger partial charge is 0.304 e. The number of ether oxygens (including phenoxy) is 6. The Morgan fingerprint density at radius 2 is 1.04 bits per heavy atom. The van der Waals surface area contributed by atoms with Crippen LogP contribution in [0.3, 0.4) is 0 Å². The molecule has 0 aliphatic carbocycles. The maximum absolute atomic E-state index is 11.5. The largest absolute Gasteiger partial charge is 0.463 e. The van der Waals surface area contributed by atoms with Crippen LogP contribution in [-0.4, -0.2) is 68.2 Å². The van der Waals surface area contributed by atoms with Gasteiger partial charge in [-0.2, -0.15) is 0 Å². The fourth-order valence-corrected chi connectivity index (χ4v) is 1.83. The molecule has 0 aliphatic rings. The van der Waals surface area contributed by atoms with E-state index in [1.165, 1.54) is 0 Å². The summed E-state index contributed by atoms with van der Waals surface area (Å²) in [5.41, 5.74) is 0. The Hall–Kier alpha value is -2.69. The lowest BCUT2D eigenvalue weighted by atomic mass is 10.1. The standard InChI is InChI=1S/C16H24O11/c1-9(17)22-6-14(25-8-24-11(3)19)16(27-13(5)21)15(26-12(4)20)7-23-10(2)18/h14-16H,6-8H2,1-5H3/t14?,15-,16-/m1/s1. The lowest BCUT2D eigenvalue weighted by molar-refractivity contribution is -0.204. The number of carbonyl (C=O) groups excluding carboxylic acids is 5. The minimum Gasteiger partial charge on any atom is -0.463 e. The zero-order chi connectivity index (χ0) is 21.0. The van der Waals surface area contributed by atoms with Crippen molar-refractivity contribution in [1.29, 1.82) is 0 Å². The first-order valence-corrected chi connectivity index (χ1v) is 7.89. The second-order valence-corrected chi connectivity index (χ2v) is 5.29. The van der Waals surface area contributed by atoms with Gasteiger partial charge in [-0.05, 0) is 0 Å². The van der Waals surface area contributed by atoms with E-state index < -0.39 is 68.2 Å². The first kappa shape index (κ1) is 24.3. The Bertz CT molecular complexity index is 542. The zero-order valence-electron chi connectivity index (χ0n) is 15.8. The molecule has 0 radical (unpaired) electrons. The van der Waals surface area contributed by atoms with Crippen LogP contribution >= 0.6 is 0 Å².